The third-order valence-electron chi connectivity index (χ3n) is 1.73. The van der Waals surface area contributed by atoms with Gasteiger partial charge in [0.25, 0.3) is 0 Å². The van der Waals surface area contributed by atoms with E-state index in [1.807, 2.05) is 0 Å². The normalized spacial score (nSPS) is 13.4. The van der Waals surface area contributed by atoms with Crippen molar-refractivity contribution in [2.24, 2.45) is 0 Å². The molecule has 0 bridgehead atoms. The molecule has 0 heterocycles. The molecule has 0 aromatic carbocycles. The second kappa shape index (κ2) is 6.30. The van der Waals surface area contributed by atoms with E-state index in [0.29, 0.717) is 12.8 Å². The van der Waals surface area contributed by atoms with Gasteiger partial charge in [0.2, 0.25) is 0 Å². The molecule has 0 saturated carbocycles. The fourth-order valence-electron chi connectivity index (χ4n) is 0.877. The first-order valence-corrected chi connectivity index (χ1v) is 5.33. The first kappa shape index (κ1) is 14.7. The fraction of sp³-hybridized carbons (Fsp3) is 0.600. The molecule has 0 nitrogen and oxygen atoms in total. The maximum atomic E-state index is 12.6. The number of hydrogen-bond acceptors (Lipinski definition) is 0. The Hall–Kier alpha value is -0.320. The van der Waals surface area contributed by atoms with Gasteiger partial charge in [0.1, 0.15) is 0 Å². The van der Waals surface area contributed by atoms with Gasteiger partial charge in [-0.3, -0.25) is 0 Å². The van der Waals surface area contributed by atoms with E-state index in [2.05, 4.69) is 6.58 Å². The first-order chi connectivity index (χ1) is 6.81. The van der Waals surface area contributed by atoms with E-state index in [-0.39, 0.29) is 6.08 Å². The van der Waals surface area contributed by atoms with E-state index < -0.39 is 10.8 Å². The molecule has 0 spiro atoms. The van der Waals surface area contributed by atoms with E-state index in [1.54, 1.807) is 22.0 Å². The van der Waals surface area contributed by atoms with E-state index >= 15 is 0 Å². The van der Waals surface area contributed by atoms with Crippen molar-refractivity contribution in [1.82, 2.24) is 0 Å². The van der Waals surface area contributed by atoms with E-state index in [9.17, 15) is 17.6 Å². The number of halogens is 5. The molecular formula is C10H13BrF4. The van der Waals surface area contributed by atoms with Crippen LogP contribution in [0.3, 0.4) is 0 Å². The third kappa shape index (κ3) is 5.97. The lowest BCUT2D eigenvalue weighted by molar-refractivity contribution is -0.111. The van der Waals surface area contributed by atoms with Crippen LogP contribution in [-0.4, -0.2) is 10.8 Å². The lowest BCUT2D eigenvalue weighted by Gasteiger charge is -2.17. The average molecular weight is 289 g/mol. The van der Waals surface area contributed by atoms with Gasteiger partial charge in [0.15, 0.2) is 0 Å². The molecule has 0 unspecified atom stereocenters. The summed E-state index contributed by atoms with van der Waals surface area (Å²) in [6.45, 7) is 3.51. The molecule has 0 aliphatic carbocycles. The van der Waals surface area contributed by atoms with Crippen LogP contribution in [0.25, 0.3) is 0 Å². The summed E-state index contributed by atoms with van der Waals surface area (Å²) in [7, 11) is 0. The summed E-state index contributed by atoms with van der Waals surface area (Å²) < 4.78 is 49.7. The topological polar surface area (TPSA) is 0 Å². The second-order valence-electron chi connectivity index (χ2n) is 3.10. The Morgan fingerprint density at radius 1 is 1.07 bits per heavy atom. The number of alkyl halides is 5. The highest BCUT2D eigenvalue weighted by Gasteiger charge is 2.51. The quantitative estimate of drug-likeness (QED) is 0.270. The lowest BCUT2D eigenvalue weighted by atomic mass is 10.1. The summed E-state index contributed by atoms with van der Waals surface area (Å²) in [5.41, 5.74) is 0. The standard InChI is InChI=1S/C10H13BrF4/c1-2-3-4-5-6-7-8-9(12,13)10(11,14)15/h2,7-8H,1,3-6H2/b8-7+. The second-order valence-corrected chi connectivity index (χ2v) is 4.09. The number of hydrogen-bond donors (Lipinski definition) is 0. The van der Waals surface area contributed by atoms with Gasteiger partial charge in [-0.05, 0) is 47.7 Å². The minimum Gasteiger partial charge on any atom is -0.194 e. The van der Waals surface area contributed by atoms with Crippen molar-refractivity contribution in [3.63, 3.8) is 0 Å². The summed E-state index contributed by atoms with van der Waals surface area (Å²) in [5.74, 6) is -4.13. The molecule has 15 heavy (non-hydrogen) atoms. The molecule has 0 atom stereocenters. The van der Waals surface area contributed by atoms with Crippen LogP contribution in [-0.2, 0) is 0 Å². The predicted molar refractivity (Wildman–Crippen MR) is 56.6 cm³/mol. The van der Waals surface area contributed by atoms with Gasteiger partial charge in [-0.1, -0.05) is 12.2 Å². The molecular weight excluding hydrogens is 276 g/mol. The van der Waals surface area contributed by atoms with Gasteiger partial charge in [-0.15, -0.1) is 6.58 Å². The minimum absolute atomic E-state index is 0.246. The summed E-state index contributed by atoms with van der Waals surface area (Å²) >= 11 is 1.65. The molecule has 0 aliphatic rings. The van der Waals surface area contributed by atoms with Crippen LogP contribution >= 0.6 is 15.9 Å². The Morgan fingerprint density at radius 2 is 1.60 bits per heavy atom. The van der Waals surface area contributed by atoms with Gasteiger partial charge in [-0.25, -0.2) is 0 Å². The minimum atomic E-state index is -4.18. The zero-order chi connectivity index (χ0) is 11.9. The van der Waals surface area contributed by atoms with Crippen molar-refractivity contribution < 1.29 is 17.6 Å². The van der Waals surface area contributed by atoms with Crippen molar-refractivity contribution >= 4 is 15.9 Å². The summed E-state index contributed by atoms with van der Waals surface area (Å²) in [4.78, 5) is -4.18. The highest BCUT2D eigenvalue weighted by atomic mass is 79.9. The lowest BCUT2D eigenvalue weighted by Crippen LogP contribution is -2.32. The van der Waals surface area contributed by atoms with Crippen LogP contribution in [0.15, 0.2) is 24.8 Å². The van der Waals surface area contributed by atoms with Gasteiger partial charge in [0, 0.05) is 0 Å². The van der Waals surface area contributed by atoms with Gasteiger partial charge in [-0.2, -0.15) is 17.6 Å². The molecule has 5 heteroatoms. The molecule has 0 N–H and O–H groups in total. The Balaban J connectivity index is 3.90. The largest absolute Gasteiger partial charge is 0.367 e. The zero-order valence-electron chi connectivity index (χ0n) is 8.16. The van der Waals surface area contributed by atoms with E-state index in [1.165, 1.54) is 0 Å². The SMILES string of the molecule is C=CCCCC/C=C/C(F)(F)C(F)(F)Br. The number of unbranched alkanes of at least 4 members (excludes halogenated alkanes) is 3. The predicted octanol–water partition coefficient (Wildman–Crippen LogP) is 4.91. The molecule has 0 aromatic heterocycles. The molecule has 0 fully saturated rings. The summed E-state index contributed by atoms with van der Waals surface area (Å²) in [6.07, 6.45) is 5.74. The maximum Gasteiger partial charge on any atom is 0.367 e. The van der Waals surface area contributed by atoms with Crippen molar-refractivity contribution in [3.8, 4) is 0 Å². The molecule has 0 amide bonds. The van der Waals surface area contributed by atoms with Crippen molar-refractivity contribution in [3.05, 3.63) is 24.8 Å². The fourth-order valence-corrected chi connectivity index (χ4v) is 1.01. The van der Waals surface area contributed by atoms with E-state index in [0.717, 1.165) is 18.9 Å². The smallest absolute Gasteiger partial charge is 0.194 e. The maximum absolute atomic E-state index is 12.6. The van der Waals surface area contributed by atoms with Crippen molar-refractivity contribution in [2.45, 2.75) is 36.4 Å². The van der Waals surface area contributed by atoms with Crippen LogP contribution in [0.2, 0.25) is 0 Å². The average Bonchev–Trinajstić information content (AvgIpc) is 2.09. The highest BCUT2D eigenvalue weighted by Crippen LogP contribution is 2.40. The highest BCUT2D eigenvalue weighted by molar-refractivity contribution is 9.10. The number of allylic oxidation sites excluding steroid dienone is 3. The first-order valence-electron chi connectivity index (χ1n) is 4.54. The summed E-state index contributed by atoms with van der Waals surface area (Å²) in [5, 5.41) is 0. The molecule has 0 radical (unpaired) electrons. The Bertz CT molecular complexity index is 218. The van der Waals surface area contributed by atoms with Crippen LogP contribution in [0, 0.1) is 0 Å². The van der Waals surface area contributed by atoms with Crippen LogP contribution in [0.5, 0.6) is 0 Å². The van der Waals surface area contributed by atoms with Gasteiger partial charge in [0.05, 0.1) is 0 Å². The van der Waals surface area contributed by atoms with Crippen molar-refractivity contribution in [1.29, 1.82) is 0 Å². The van der Waals surface area contributed by atoms with E-state index in [4.69, 9.17) is 0 Å². The molecule has 88 valence electrons. The number of rotatable bonds is 7. The summed E-state index contributed by atoms with van der Waals surface area (Å²) in [6, 6.07) is 0. The Kier molecular flexibility index (Phi) is 6.17. The zero-order valence-corrected chi connectivity index (χ0v) is 9.74. The van der Waals surface area contributed by atoms with Gasteiger partial charge < -0.3 is 0 Å². The molecule has 0 rings (SSSR count). The Morgan fingerprint density at radius 3 is 2.07 bits per heavy atom. The van der Waals surface area contributed by atoms with Gasteiger partial charge >= 0.3 is 10.8 Å². The van der Waals surface area contributed by atoms with Crippen LogP contribution < -0.4 is 0 Å². The third-order valence-corrected chi connectivity index (χ3v) is 2.26. The van der Waals surface area contributed by atoms with Crippen LogP contribution in [0.4, 0.5) is 17.6 Å². The molecule has 0 aromatic rings. The van der Waals surface area contributed by atoms with Crippen molar-refractivity contribution in [2.75, 3.05) is 0 Å². The molecule has 0 aliphatic heterocycles. The monoisotopic (exact) mass is 288 g/mol. The molecule has 0 saturated heterocycles. The van der Waals surface area contributed by atoms with Crippen LogP contribution in [0.1, 0.15) is 25.7 Å². The Labute approximate surface area is 95.2 Å².